The number of hydrogen-bond donors (Lipinski definition) is 0. The average molecular weight is 1760 g/mol. The van der Waals surface area contributed by atoms with E-state index in [9.17, 15) is 0 Å². The summed E-state index contributed by atoms with van der Waals surface area (Å²) in [5, 5.41) is 9.93. The summed E-state index contributed by atoms with van der Waals surface area (Å²) >= 11 is 0. The van der Waals surface area contributed by atoms with Gasteiger partial charge in [-0.25, -0.2) is 0 Å². The number of nitrogens with zero attached hydrogens (tertiary/aromatic N) is 4. The Morgan fingerprint density at radius 3 is 0.920 bits per heavy atom. The molecule has 2 aromatic heterocycles. The highest BCUT2D eigenvalue weighted by Crippen LogP contribution is 2.54. The number of anilines is 6. The number of rotatable bonds is 16. The molecule has 652 valence electrons. The third-order valence-electron chi connectivity index (χ3n) is 29.2. The van der Waals surface area contributed by atoms with Crippen molar-refractivity contribution in [1.82, 2.24) is 9.13 Å². The monoisotopic (exact) mass is 1760 g/mol. The first kappa shape index (κ1) is 82.5. The molecule has 22 aromatic carbocycles. The maximum absolute atomic E-state index is 2.42. The van der Waals surface area contributed by atoms with Gasteiger partial charge in [-0.15, -0.1) is 0 Å². The second-order valence-corrected chi connectivity index (χ2v) is 37.9. The van der Waals surface area contributed by atoms with Gasteiger partial charge >= 0.3 is 0 Å². The summed E-state index contributed by atoms with van der Waals surface area (Å²) in [5.74, 6) is 0. The minimum absolute atomic E-state index is 0.114. The first-order chi connectivity index (χ1) is 67.9. The van der Waals surface area contributed by atoms with Crippen LogP contribution in [0.15, 0.2) is 510 Å². The van der Waals surface area contributed by atoms with Crippen molar-refractivity contribution < 1.29 is 0 Å². The van der Waals surface area contributed by atoms with Crippen molar-refractivity contribution in [2.45, 2.75) is 38.5 Å². The third kappa shape index (κ3) is 14.6. The second-order valence-electron chi connectivity index (χ2n) is 37.9. The lowest BCUT2D eigenvalue weighted by Gasteiger charge is -2.28. The van der Waals surface area contributed by atoms with E-state index in [1.807, 2.05) is 0 Å². The lowest BCUT2D eigenvalue weighted by molar-refractivity contribution is 0.660. The van der Waals surface area contributed by atoms with Gasteiger partial charge in [0.1, 0.15) is 0 Å². The molecule has 2 heterocycles. The molecule has 0 saturated heterocycles. The molecule has 0 aliphatic heterocycles. The zero-order valence-corrected chi connectivity index (χ0v) is 77.3. The molecule has 4 heteroatoms. The predicted octanol–water partition coefficient (Wildman–Crippen LogP) is 36.8. The highest BCUT2D eigenvalue weighted by molar-refractivity contribution is 6.12. The van der Waals surface area contributed by atoms with E-state index in [1.165, 1.54) is 199 Å². The zero-order chi connectivity index (χ0) is 92.1. The van der Waals surface area contributed by atoms with Crippen LogP contribution in [0.25, 0.3) is 188 Å². The quantitative estimate of drug-likeness (QED) is 0.0959. The van der Waals surface area contributed by atoms with E-state index in [0.29, 0.717) is 0 Å². The van der Waals surface area contributed by atoms with Crippen LogP contribution in [-0.4, -0.2) is 9.13 Å². The Kier molecular flexibility index (Phi) is 20.3. The SMILES string of the molecule is CC1(C)c2ccccc2-c2ccc(N(c3ccc(-c4cccc(-c5ccc6c(c5)c5ccccc5n6-c5ccc(-c6ccccc6)cc5)c4)cc3)c3ccc(-c4cccc5ccccc45)cc3)cc21.CC1(C)c2ccccc2-c2ccc(N(c3ccc(-c4cccc(-c5ccc6c(c5)c5ccccc5n6-c5ccc(-c6ccccc6)cc5)c4)cc3)c3ccc4cc(-c5ccccc5)ccc4c3)cc21. The van der Waals surface area contributed by atoms with Crippen molar-refractivity contribution in [3.63, 3.8) is 0 Å². The van der Waals surface area contributed by atoms with Gasteiger partial charge in [0.2, 0.25) is 0 Å². The van der Waals surface area contributed by atoms with Crippen LogP contribution in [0.2, 0.25) is 0 Å². The second kappa shape index (κ2) is 33.9. The summed E-state index contributed by atoms with van der Waals surface area (Å²) in [5.41, 5.74) is 43.7. The lowest BCUT2D eigenvalue weighted by atomic mass is 9.82. The minimum atomic E-state index is -0.115. The van der Waals surface area contributed by atoms with Gasteiger partial charge in [-0.05, 0) is 307 Å². The number of para-hydroxylation sites is 2. The summed E-state index contributed by atoms with van der Waals surface area (Å²) in [6, 6.07) is 187. The van der Waals surface area contributed by atoms with Crippen molar-refractivity contribution >= 4 is 99.3 Å². The van der Waals surface area contributed by atoms with Gasteiger partial charge in [-0.3, -0.25) is 0 Å². The molecule has 26 rings (SSSR count). The van der Waals surface area contributed by atoms with Gasteiger partial charge < -0.3 is 18.9 Å². The predicted molar refractivity (Wildman–Crippen MR) is 585 cm³/mol. The van der Waals surface area contributed by atoms with E-state index in [2.05, 4.69) is 556 Å². The van der Waals surface area contributed by atoms with Gasteiger partial charge in [0.05, 0.1) is 22.1 Å². The maximum atomic E-state index is 2.42. The third-order valence-corrected chi connectivity index (χ3v) is 29.2. The van der Waals surface area contributed by atoms with Crippen molar-refractivity contribution in [3.8, 4) is 123 Å². The van der Waals surface area contributed by atoms with Gasteiger partial charge in [-0.1, -0.05) is 386 Å². The molecule has 2 aliphatic carbocycles. The lowest BCUT2D eigenvalue weighted by Crippen LogP contribution is -2.16. The first-order valence-corrected chi connectivity index (χ1v) is 48.0. The topological polar surface area (TPSA) is 16.3 Å². The van der Waals surface area contributed by atoms with Crippen LogP contribution in [0.5, 0.6) is 0 Å². The Hall–Kier alpha value is -17.4. The normalized spacial score (nSPS) is 12.6. The number of fused-ring (bicyclic) bond motifs is 14. The number of hydrogen-bond acceptors (Lipinski definition) is 2. The summed E-state index contributed by atoms with van der Waals surface area (Å²) in [6.45, 7) is 9.43. The van der Waals surface area contributed by atoms with Gasteiger partial charge in [0.15, 0.2) is 0 Å². The molecule has 0 unspecified atom stereocenters. The Bertz CT molecular complexity index is 8820. The van der Waals surface area contributed by atoms with Crippen LogP contribution in [0.3, 0.4) is 0 Å². The molecule has 0 atom stereocenters. The molecule has 0 saturated carbocycles. The molecule has 0 amide bonds. The van der Waals surface area contributed by atoms with E-state index in [-0.39, 0.29) is 10.8 Å². The molecule has 0 bridgehead atoms. The minimum Gasteiger partial charge on any atom is -0.310 e. The largest absolute Gasteiger partial charge is 0.310 e. The molecule has 2 aliphatic rings. The van der Waals surface area contributed by atoms with Crippen LogP contribution >= 0.6 is 0 Å². The van der Waals surface area contributed by atoms with Gasteiger partial charge in [-0.2, -0.15) is 0 Å². The van der Waals surface area contributed by atoms with Gasteiger partial charge in [0, 0.05) is 77.9 Å². The fraction of sp³-hybridized carbons (Fsp3) is 0.0448. The summed E-state index contributed by atoms with van der Waals surface area (Å²) in [6.07, 6.45) is 0. The standard InChI is InChI=1S/2C67H48N2/c1-67(2)63-22-11-9-20-59(63)60-38-37-58(44-64(60)67)68(57-36-30-52-41-51(24-25-53(52)42-57)46-16-7-4-8-17-46)55-32-28-48(29-33-55)49-18-13-19-50(40-49)54-31-39-66-62(43-54)61-21-10-12-23-65(61)69(66)56-34-26-47(27-35-56)45-14-5-3-6-15-45;1-67(2)63-24-10-8-21-59(63)60-40-39-56(44-64(60)67)68(54-37-30-49(31-38-54)58-23-13-17-48-16-6-7-20-57(48)58)53-33-28-47(29-34-53)50-18-12-19-51(42-50)52-32-41-66-62(43-52)61-22-9-11-25-65(61)69(66)55-35-26-46(27-36-55)45-14-4-3-5-15-45/h2*3-44H,1-2H3. The molecule has 138 heavy (non-hydrogen) atoms. The van der Waals surface area contributed by atoms with E-state index in [1.54, 1.807) is 0 Å². The summed E-state index contributed by atoms with van der Waals surface area (Å²) in [4.78, 5) is 4.84. The Labute approximate surface area is 805 Å². The summed E-state index contributed by atoms with van der Waals surface area (Å²) in [7, 11) is 0. The maximum Gasteiger partial charge on any atom is 0.0541 e. The fourth-order valence-electron chi connectivity index (χ4n) is 22.1. The van der Waals surface area contributed by atoms with Crippen molar-refractivity contribution in [2.24, 2.45) is 0 Å². The molecule has 4 nitrogen and oxygen atoms in total. The smallest absolute Gasteiger partial charge is 0.0541 e. The summed E-state index contributed by atoms with van der Waals surface area (Å²) < 4.78 is 4.79. The van der Waals surface area contributed by atoms with Crippen LogP contribution in [-0.2, 0) is 10.8 Å². The van der Waals surface area contributed by atoms with Crippen molar-refractivity contribution in [2.75, 3.05) is 9.80 Å². The Morgan fingerprint density at radius 2 is 0.435 bits per heavy atom. The van der Waals surface area contributed by atoms with Crippen LogP contribution in [0, 0.1) is 0 Å². The Balaban J connectivity index is 0.000000146. The van der Waals surface area contributed by atoms with Crippen LogP contribution in [0.4, 0.5) is 34.1 Å². The van der Waals surface area contributed by atoms with E-state index in [0.717, 1.165) is 45.5 Å². The zero-order valence-electron chi connectivity index (χ0n) is 77.3. The molecule has 0 radical (unpaired) electrons. The van der Waals surface area contributed by atoms with Crippen molar-refractivity contribution in [1.29, 1.82) is 0 Å². The molecule has 24 aromatic rings. The van der Waals surface area contributed by atoms with E-state index in [4.69, 9.17) is 0 Å². The van der Waals surface area contributed by atoms with Crippen LogP contribution in [0.1, 0.15) is 49.9 Å². The number of benzene rings is 22. The number of aromatic nitrogens is 2. The molecule has 0 N–H and O–H groups in total. The first-order valence-electron chi connectivity index (χ1n) is 48.0. The average Bonchev–Trinajstić information content (AvgIpc) is 1.66. The Morgan fingerprint density at radius 1 is 0.152 bits per heavy atom. The fourth-order valence-corrected chi connectivity index (χ4v) is 22.1. The molecular formula is C134H96N4. The van der Waals surface area contributed by atoms with Gasteiger partial charge in [0.25, 0.3) is 0 Å². The van der Waals surface area contributed by atoms with E-state index < -0.39 is 0 Å². The molecular weight excluding hydrogens is 1670 g/mol. The highest BCUT2D eigenvalue weighted by atomic mass is 15.1. The molecule has 0 spiro atoms. The molecule has 0 fully saturated rings. The van der Waals surface area contributed by atoms with E-state index >= 15 is 0 Å². The van der Waals surface area contributed by atoms with Crippen LogP contribution < -0.4 is 9.80 Å². The van der Waals surface area contributed by atoms with Crippen molar-refractivity contribution in [3.05, 3.63) is 532 Å². The highest BCUT2D eigenvalue weighted by Gasteiger charge is 2.38.